The fourth-order valence-corrected chi connectivity index (χ4v) is 1.94. The number of hydrogen-bond donors (Lipinski definition) is 2. The lowest BCUT2D eigenvalue weighted by Gasteiger charge is -2.07. The molecule has 0 saturated carbocycles. The first-order chi connectivity index (χ1) is 8.34. The highest BCUT2D eigenvalue weighted by atomic mass is 16.3. The lowest BCUT2D eigenvalue weighted by molar-refractivity contribution is 0.211. The van der Waals surface area contributed by atoms with Crippen LogP contribution < -0.4 is 0 Å². The van der Waals surface area contributed by atoms with E-state index in [0.29, 0.717) is 5.69 Å². The van der Waals surface area contributed by atoms with E-state index in [1.165, 1.54) is 0 Å². The van der Waals surface area contributed by atoms with Crippen LogP contribution in [0.2, 0.25) is 0 Å². The van der Waals surface area contributed by atoms with Crippen molar-refractivity contribution in [2.45, 2.75) is 6.10 Å². The van der Waals surface area contributed by atoms with Crippen LogP contribution in [-0.4, -0.2) is 15.1 Å². The Morgan fingerprint density at radius 1 is 1.06 bits per heavy atom. The number of pyridine rings is 1. The molecule has 3 aromatic rings. The van der Waals surface area contributed by atoms with E-state index in [9.17, 15) is 5.11 Å². The predicted molar refractivity (Wildman–Crippen MR) is 66.6 cm³/mol. The maximum atomic E-state index is 10.2. The number of fused-ring (bicyclic) bond motifs is 1. The normalized spacial score (nSPS) is 12.8. The molecule has 84 valence electrons. The monoisotopic (exact) mass is 224 g/mol. The number of para-hydroxylation sites is 1. The average Bonchev–Trinajstić information content (AvgIpc) is 2.82. The summed E-state index contributed by atoms with van der Waals surface area (Å²) in [6.07, 6.45) is 0.977. The van der Waals surface area contributed by atoms with Crippen molar-refractivity contribution in [2.75, 3.05) is 0 Å². The van der Waals surface area contributed by atoms with Crippen molar-refractivity contribution >= 4 is 10.9 Å². The maximum absolute atomic E-state index is 10.2. The minimum atomic E-state index is -0.705. The molecular weight excluding hydrogens is 212 g/mol. The molecule has 17 heavy (non-hydrogen) atoms. The highest BCUT2D eigenvalue weighted by Gasteiger charge is 2.13. The summed E-state index contributed by atoms with van der Waals surface area (Å²) in [6.45, 7) is 0. The fourth-order valence-electron chi connectivity index (χ4n) is 1.94. The van der Waals surface area contributed by atoms with E-state index in [-0.39, 0.29) is 0 Å². The molecule has 1 aromatic carbocycles. The van der Waals surface area contributed by atoms with Crippen LogP contribution in [0.3, 0.4) is 0 Å². The van der Waals surface area contributed by atoms with Gasteiger partial charge in [-0.2, -0.15) is 0 Å². The minimum Gasteiger partial charge on any atom is -0.380 e. The summed E-state index contributed by atoms with van der Waals surface area (Å²) >= 11 is 0. The van der Waals surface area contributed by atoms with Crippen LogP contribution in [-0.2, 0) is 0 Å². The molecule has 1 unspecified atom stereocenters. The molecule has 1 atom stereocenters. The Morgan fingerprint density at radius 2 is 1.88 bits per heavy atom. The number of rotatable bonds is 2. The van der Waals surface area contributed by atoms with E-state index in [4.69, 9.17) is 0 Å². The fraction of sp³-hybridized carbons (Fsp3) is 0.0714. The van der Waals surface area contributed by atoms with Crippen LogP contribution in [0.25, 0.3) is 10.9 Å². The summed E-state index contributed by atoms with van der Waals surface area (Å²) in [5.74, 6) is 0. The smallest absolute Gasteiger partial charge is 0.136 e. The summed E-state index contributed by atoms with van der Waals surface area (Å²) in [5, 5.41) is 11.3. The van der Waals surface area contributed by atoms with Gasteiger partial charge in [0.05, 0.1) is 11.4 Å². The number of H-pyrrole nitrogens is 1. The van der Waals surface area contributed by atoms with Crippen molar-refractivity contribution in [1.82, 2.24) is 9.97 Å². The van der Waals surface area contributed by atoms with Gasteiger partial charge in [0.2, 0.25) is 0 Å². The maximum Gasteiger partial charge on any atom is 0.136 e. The SMILES string of the molecule is OC(c1ccccn1)c1cc2ccccc2[nH]1. The number of aliphatic hydroxyl groups excluding tert-OH is 1. The summed E-state index contributed by atoms with van der Waals surface area (Å²) < 4.78 is 0. The predicted octanol–water partition coefficient (Wildman–Crippen LogP) is 2.64. The molecule has 3 heteroatoms. The van der Waals surface area contributed by atoms with Gasteiger partial charge in [-0.25, -0.2) is 0 Å². The van der Waals surface area contributed by atoms with Gasteiger partial charge in [-0.1, -0.05) is 24.3 Å². The third kappa shape index (κ3) is 1.81. The van der Waals surface area contributed by atoms with Gasteiger partial charge in [-0.15, -0.1) is 0 Å². The molecule has 0 aliphatic carbocycles. The molecule has 0 saturated heterocycles. The second-order valence-electron chi connectivity index (χ2n) is 3.97. The molecule has 2 N–H and O–H groups in total. The number of benzene rings is 1. The largest absolute Gasteiger partial charge is 0.380 e. The minimum absolute atomic E-state index is 0.652. The van der Waals surface area contributed by atoms with E-state index in [2.05, 4.69) is 9.97 Å². The van der Waals surface area contributed by atoms with Gasteiger partial charge in [-0.05, 0) is 29.7 Å². The Morgan fingerprint density at radius 3 is 2.65 bits per heavy atom. The van der Waals surface area contributed by atoms with Gasteiger partial charge in [0.25, 0.3) is 0 Å². The average molecular weight is 224 g/mol. The van der Waals surface area contributed by atoms with E-state index >= 15 is 0 Å². The molecule has 0 radical (unpaired) electrons. The highest BCUT2D eigenvalue weighted by Crippen LogP contribution is 2.23. The zero-order chi connectivity index (χ0) is 11.7. The van der Waals surface area contributed by atoms with Crippen LogP contribution in [0, 0.1) is 0 Å². The number of nitrogens with zero attached hydrogens (tertiary/aromatic N) is 1. The first-order valence-electron chi connectivity index (χ1n) is 5.51. The Kier molecular flexibility index (Phi) is 2.38. The van der Waals surface area contributed by atoms with Gasteiger partial charge >= 0.3 is 0 Å². The van der Waals surface area contributed by atoms with Crippen LogP contribution in [0.15, 0.2) is 54.7 Å². The summed E-state index contributed by atoms with van der Waals surface area (Å²) in [5.41, 5.74) is 2.45. The molecule has 0 aliphatic heterocycles. The first-order valence-corrected chi connectivity index (χ1v) is 5.51. The Balaban J connectivity index is 2.04. The van der Waals surface area contributed by atoms with E-state index < -0.39 is 6.10 Å². The summed E-state index contributed by atoms with van der Waals surface area (Å²) in [7, 11) is 0. The molecule has 2 heterocycles. The van der Waals surface area contributed by atoms with Crippen LogP contribution in [0.1, 0.15) is 17.5 Å². The number of hydrogen-bond acceptors (Lipinski definition) is 2. The molecule has 2 aromatic heterocycles. The second kappa shape index (κ2) is 4.03. The third-order valence-electron chi connectivity index (χ3n) is 2.81. The summed E-state index contributed by atoms with van der Waals surface area (Å²) in [6, 6.07) is 15.4. The molecule has 0 fully saturated rings. The van der Waals surface area contributed by atoms with E-state index in [1.807, 2.05) is 48.5 Å². The van der Waals surface area contributed by atoms with E-state index in [1.54, 1.807) is 6.20 Å². The Bertz CT molecular complexity index is 598. The number of aliphatic hydroxyl groups is 1. The lowest BCUT2D eigenvalue weighted by atomic mass is 10.1. The van der Waals surface area contributed by atoms with Crippen molar-refractivity contribution in [2.24, 2.45) is 0 Å². The zero-order valence-electron chi connectivity index (χ0n) is 9.17. The second-order valence-corrected chi connectivity index (χ2v) is 3.97. The lowest BCUT2D eigenvalue weighted by Crippen LogP contribution is -2.01. The van der Waals surface area contributed by atoms with E-state index in [0.717, 1.165) is 16.6 Å². The topological polar surface area (TPSA) is 48.9 Å². The third-order valence-corrected chi connectivity index (χ3v) is 2.81. The molecule has 3 rings (SSSR count). The van der Waals surface area contributed by atoms with Crippen LogP contribution in [0.4, 0.5) is 0 Å². The van der Waals surface area contributed by atoms with Crippen molar-refractivity contribution in [3.63, 3.8) is 0 Å². The van der Waals surface area contributed by atoms with Crippen molar-refractivity contribution in [1.29, 1.82) is 0 Å². The van der Waals surface area contributed by atoms with Gasteiger partial charge in [-0.3, -0.25) is 4.98 Å². The number of nitrogens with one attached hydrogen (secondary N) is 1. The Hall–Kier alpha value is -2.13. The summed E-state index contributed by atoms with van der Waals surface area (Å²) in [4.78, 5) is 7.36. The standard InChI is InChI=1S/C14H12N2O/c17-14(12-7-3-4-8-15-12)13-9-10-5-1-2-6-11(10)16-13/h1-9,14,16-17H. The van der Waals surface area contributed by atoms with Crippen LogP contribution >= 0.6 is 0 Å². The molecule has 0 spiro atoms. The first kappa shape index (κ1) is 10.1. The van der Waals surface area contributed by atoms with Crippen molar-refractivity contribution < 1.29 is 5.11 Å². The molecule has 3 nitrogen and oxygen atoms in total. The van der Waals surface area contributed by atoms with Crippen molar-refractivity contribution in [3.8, 4) is 0 Å². The number of aromatic nitrogens is 2. The van der Waals surface area contributed by atoms with Gasteiger partial charge in [0.15, 0.2) is 0 Å². The van der Waals surface area contributed by atoms with Crippen LogP contribution in [0.5, 0.6) is 0 Å². The molecular formula is C14H12N2O. The zero-order valence-corrected chi connectivity index (χ0v) is 9.17. The molecule has 0 amide bonds. The Labute approximate surface area is 98.8 Å². The molecule has 0 aliphatic rings. The van der Waals surface area contributed by atoms with Crippen molar-refractivity contribution in [3.05, 3.63) is 66.1 Å². The quantitative estimate of drug-likeness (QED) is 0.703. The van der Waals surface area contributed by atoms with Gasteiger partial charge in [0, 0.05) is 11.7 Å². The number of aromatic amines is 1. The molecule has 0 bridgehead atoms. The van der Waals surface area contributed by atoms with Gasteiger partial charge < -0.3 is 10.1 Å². The van der Waals surface area contributed by atoms with Gasteiger partial charge in [0.1, 0.15) is 6.10 Å². The highest BCUT2D eigenvalue weighted by molar-refractivity contribution is 5.80.